The number of likely N-dealkylation sites (tertiary alicyclic amines) is 1. The molecule has 25 heavy (non-hydrogen) atoms. The third-order valence-corrected chi connectivity index (χ3v) is 5.04. The Morgan fingerprint density at radius 1 is 1.28 bits per heavy atom. The van der Waals surface area contributed by atoms with Crippen molar-refractivity contribution in [2.24, 2.45) is 5.73 Å². The zero-order valence-corrected chi connectivity index (χ0v) is 15.7. The zero-order chi connectivity index (χ0) is 18.4. The van der Waals surface area contributed by atoms with E-state index in [-0.39, 0.29) is 24.3 Å². The number of nitrogens with zero attached hydrogens (tertiary/aromatic N) is 2. The molecule has 0 saturated carbocycles. The van der Waals surface area contributed by atoms with Crippen LogP contribution in [0.25, 0.3) is 0 Å². The van der Waals surface area contributed by atoms with Gasteiger partial charge >= 0.3 is 0 Å². The van der Waals surface area contributed by atoms with Gasteiger partial charge in [-0.15, -0.1) is 0 Å². The van der Waals surface area contributed by atoms with Crippen molar-refractivity contribution in [2.45, 2.75) is 65.5 Å². The van der Waals surface area contributed by atoms with Gasteiger partial charge in [-0.25, -0.2) is 0 Å². The van der Waals surface area contributed by atoms with Crippen LogP contribution in [0.1, 0.15) is 68.3 Å². The van der Waals surface area contributed by atoms with E-state index in [1.165, 1.54) is 0 Å². The van der Waals surface area contributed by atoms with E-state index >= 15 is 0 Å². The van der Waals surface area contributed by atoms with Gasteiger partial charge in [-0.2, -0.15) is 0 Å². The minimum Gasteiger partial charge on any atom is -0.456 e. The van der Waals surface area contributed by atoms with Crippen LogP contribution >= 0.6 is 0 Å². The fourth-order valence-corrected chi connectivity index (χ4v) is 3.55. The number of piperidine rings is 1. The van der Waals surface area contributed by atoms with Crippen LogP contribution in [-0.2, 0) is 17.8 Å². The Kier molecular flexibility index (Phi) is 7.05. The van der Waals surface area contributed by atoms with Gasteiger partial charge in [0, 0.05) is 37.5 Å². The average molecular weight is 349 g/mol. The second-order valence-electron chi connectivity index (χ2n) is 6.69. The molecular formula is C19H31N3O3. The van der Waals surface area contributed by atoms with E-state index in [0.29, 0.717) is 12.3 Å². The zero-order valence-electron chi connectivity index (χ0n) is 15.7. The van der Waals surface area contributed by atoms with E-state index < -0.39 is 0 Å². The fraction of sp³-hybridized carbons (Fsp3) is 0.684. The Bertz CT molecular complexity index is 593. The summed E-state index contributed by atoms with van der Waals surface area (Å²) in [5.74, 6) is 0.779. The van der Waals surface area contributed by atoms with Gasteiger partial charge in [-0.1, -0.05) is 20.8 Å². The highest BCUT2D eigenvalue weighted by molar-refractivity contribution is 5.92. The summed E-state index contributed by atoms with van der Waals surface area (Å²) in [6.07, 6.45) is 3.78. The first-order valence-electron chi connectivity index (χ1n) is 9.43. The summed E-state index contributed by atoms with van der Waals surface area (Å²) in [5.41, 5.74) is 6.44. The molecule has 140 valence electrons. The lowest BCUT2D eigenvalue weighted by Crippen LogP contribution is -2.45. The summed E-state index contributed by atoms with van der Waals surface area (Å²) in [6.45, 7) is 9.66. The SMILES string of the molecule is CCc1oc(C(=O)N2CCCC[C@@H]2CC(N)=O)cc1CN(CC)CC. The number of nitrogens with two attached hydrogens (primary N) is 1. The third-order valence-electron chi connectivity index (χ3n) is 5.04. The first-order valence-corrected chi connectivity index (χ1v) is 9.43. The number of aryl methyl sites for hydroxylation is 1. The van der Waals surface area contributed by atoms with Crippen LogP contribution in [0.4, 0.5) is 0 Å². The first kappa shape index (κ1) is 19.5. The van der Waals surface area contributed by atoms with Crippen molar-refractivity contribution >= 4 is 11.8 Å². The Morgan fingerprint density at radius 2 is 2.00 bits per heavy atom. The van der Waals surface area contributed by atoms with Crippen molar-refractivity contribution in [2.75, 3.05) is 19.6 Å². The molecule has 0 bridgehead atoms. The van der Waals surface area contributed by atoms with Gasteiger partial charge in [0.2, 0.25) is 5.91 Å². The fourth-order valence-electron chi connectivity index (χ4n) is 3.55. The number of hydrogen-bond acceptors (Lipinski definition) is 4. The molecule has 6 heteroatoms. The molecule has 1 atom stereocenters. The maximum Gasteiger partial charge on any atom is 0.289 e. The van der Waals surface area contributed by atoms with Gasteiger partial charge in [0.05, 0.1) is 0 Å². The molecule has 1 saturated heterocycles. The summed E-state index contributed by atoms with van der Waals surface area (Å²) in [5, 5.41) is 0. The van der Waals surface area contributed by atoms with Crippen LogP contribution in [0.3, 0.4) is 0 Å². The van der Waals surface area contributed by atoms with Crippen LogP contribution < -0.4 is 5.73 Å². The van der Waals surface area contributed by atoms with Crippen molar-refractivity contribution < 1.29 is 14.0 Å². The molecule has 0 aromatic carbocycles. The lowest BCUT2D eigenvalue weighted by atomic mass is 9.98. The molecule has 1 aliphatic rings. The maximum atomic E-state index is 13.0. The number of amides is 2. The van der Waals surface area contributed by atoms with Crippen molar-refractivity contribution in [3.05, 3.63) is 23.2 Å². The second-order valence-corrected chi connectivity index (χ2v) is 6.69. The quantitative estimate of drug-likeness (QED) is 0.782. The predicted molar refractivity (Wildman–Crippen MR) is 97.2 cm³/mol. The minimum absolute atomic E-state index is 0.111. The predicted octanol–water partition coefficient (Wildman–Crippen LogP) is 2.55. The van der Waals surface area contributed by atoms with Crippen LogP contribution in [0, 0.1) is 0 Å². The van der Waals surface area contributed by atoms with Gasteiger partial charge in [-0.05, 0) is 38.4 Å². The molecule has 1 aliphatic heterocycles. The van der Waals surface area contributed by atoms with Gasteiger partial charge < -0.3 is 15.1 Å². The molecule has 0 unspecified atom stereocenters. The van der Waals surface area contributed by atoms with E-state index in [4.69, 9.17) is 10.2 Å². The van der Waals surface area contributed by atoms with Gasteiger partial charge in [0.25, 0.3) is 5.91 Å². The second kappa shape index (κ2) is 9.04. The first-order chi connectivity index (χ1) is 12.0. The van der Waals surface area contributed by atoms with E-state index in [1.54, 1.807) is 4.90 Å². The minimum atomic E-state index is -0.361. The number of carbonyl (C=O) groups is 2. The molecule has 2 rings (SSSR count). The smallest absolute Gasteiger partial charge is 0.289 e. The molecule has 6 nitrogen and oxygen atoms in total. The standard InChI is InChI=1S/C19H31N3O3/c1-4-16-14(13-21(5-2)6-3)11-17(25-16)19(24)22-10-8-7-9-15(22)12-18(20)23/h11,15H,4-10,12-13H2,1-3H3,(H2,20,23)/t15-/m1/s1. The van der Waals surface area contributed by atoms with Gasteiger partial charge in [-0.3, -0.25) is 14.5 Å². The largest absolute Gasteiger partial charge is 0.456 e. The molecule has 0 radical (unpaired) electrons. The number of primary amides is 1. The molecule has 2 N–H and O–H groups in total. The summed E-state index contributed by atoms with van der Waals surface area (Å²) in [6, 6.07) is 1.77. The highest BCUT2D eigenvalue weighted by Crippen LogP contribution is 2.25. The molecule has 1 aromatic rings. The summed E-state index contributed by atoms with van der Waals surface area (Å²) >= 11 is 0. The third kappa shape index (κ3) is 4.84. The maximum absolute atomic E-state index is 13.0. The Morgan fingerprint density at radius 3 is 2.60 bits per heavy atom. The highest BCUT2D eigenvalue weighted by Gasteiger charge is 2.31. The van der Waals surface area contributed by atoms with Crippen molar-refractivity contribution in [1.82, 2.24) is 9.80 Å². The Balaban J connectivity index is 2.19. The Labute approximate surface area is 150 Å². The molecule has 2 amide bonds. The van der Waals surface area contributed by atoms with Crippen molar-refractivity contribution in [3.63, 3.8) is 0 Å². The van der Waals surface area contributed by atoms with Crippen molar-refractivity contribution in [1.29, 1.82) is 0 Å². The molecule has 0 aliphatic carbocycles. The lowest BCUT2D eigenvalue weighted by molar-refractivity contribution is -0.119. The van der Waals surface area contributed by atoms with E-state index in [2.05, 4.69) is 18.7 Å². The average Bonchev–Trinajstić information content (AvgIpc) is 3.02. The van der Waals surface area contributed by atoms with E-state index in [0.717, 1.165) is 56.6 Å². The highest BCUT2D eigenvalue weighted by atomic mass is 16.4. The monoisotopic (exact) mass is 349 g/mol. The van der Waals surface area contributed by atoms with Crippen LogP contribution in [-0.4, -0.2) is 47.3 Å². The molecular weight excluding hydrogens is 318 g/mol. The van der Waals surface area contributed by atoms with Crippen LogP contribution in [0.2, 0.25) is 0 Å². The molecule has 1 aromatic heterocycles. The lowest BCUT2D eigenvalue weighted by Gasteiger charge is -2.34. The van der Waals surface area contributed by atoms with Gasteiger partial charge in [0.1, 0.15) is 5.76 Å². The number of carbonyl (C=O) groups excluding carboxylic acids is 2. The summed E-state index contributed by atoms with van der Waals surface area (Å²) in [4.78, 5) is 28.4. The summed E-state index contributed by atoms with van der Waals surface area (Å²) in [7, 11) is 0. The van der Waals surface area contributed by atoms with E-state index in [9.17, 15) is 9.59 Å². The van der Waals surface area contributed by atoms with Crippen molar-refractivity contribution in [3.8, 4) is 0 Å². The number of hydrogen-bond donors (Lipinski definition) is 1. The summed E-state index contributed by atoms with van der Waals surface area (Å²) < 4.78 is 5.89. The molecule has 2 heterocycles. The molecule has 1 fully saturated rings. The topological polar surface area (TPSA) is 79.8 Å². The van der Waals surface area contributed by atoms with Gasteiger partial charge in [0.15, 0.2) is 5.76 Å². The Hall–Kier alpha value is -1.82. The van der Waals surface area contributed by atoms with Crippen LogP contribution in [0.15, 0.2) is 10.5 Å². The number of rotatable bonds is 8. The van der Waals surface area contributed by atoms with E-state index in [1.807, 2.05) is 13.0 Å². The molecule has 0 spiro atoms. The number of furan rings is 1. The van der Waals surface area contributed by atoms with Crippen LogP contribution in [0.5, 0.6) is 0 Å². The normalized spacial score (nSPS) is 17.9.